The molecule has 0 amide bonds. The lowest BCUT2D eigenvalue weighted by Gasteiger charge is -2.25. The number of rotatable bonds is 3. The number of benzene rings is 1. The van der Waals surface area contributed by atoms with Gasteiger partial charge < -0.3 is 10.3 Å². The van der Waals surface area contributed by atoms with Crippen molar-refractivity contribution >= 4 is 22.5 Å². The maximum Gasteiger partial charge on any atom is 0.0497 e. The Hall–Kier alpha value is -0.990. The monoisotopic (exact) mass is 264 g/mol. The third-order valence-corrected chi connectivity index (χ3v) is 4.14. The van der Waals surface area contributed by atoms with Gasteiger partial charge in [0.25, 0.3) is 0 Å². The molecule has 3 heteroatoms. The predicted molar refractivity (Wildman–Crippen MR) is 79.4 cm³/mol. The van der Waals surface area contributed by atoms with Gasteiger partial charge in [-0.2, -0.15) is 0 Å². The second-order valence-electron chi connectivity index (χ2n) is 5.60. The molecule has 2 aromatic rings. The minimum Gasteiger partial charge on any atom is -0.348 e. The predicted octanol–water partition coefficient (Wildman–Crippen LogP) is 3.77. The van der Waals surface area contributed by atoms with Gasteiger partial charge in [-0.15, -0.1) is 0 Å². The molecule has 1 aromatic heterocycles. The molecule has 0 aliphatic rings. The molecule has 98 valence electrons. The summed E-state index contributed by atoms with van der Waals surface area (Å²) >= 11 is 6.09. The zero-order chi connectivity index (χ0) is 13.5. The van der Waals surface area contributed by atoms with Crippen LogP contribution in [-0.4, -0.2) is 11.1 Å². The van der Waals surface area contributed by atoms with Crippen LogP contribution in [0.2, 0.25) is 5.02 Å². The van der Waals surface area contributed by atoms with Gasteiger partial charge in [-0.25, -0.2) is 0 Å². The van der Waals surface area contributed by atoms with Gasteiger partial charge in [0.2, 0.25) is 0 Å². The summed E-state index contributed by atoms with van der Waals surface area (Å²) in [6.45, 7) is 7.39. The van der Waals surface area contributed by atoms with Crippen LogP contribution in [0.3, 0.4) is 0 Å². The summed E-state index contributed by atoms with van der Waals surface area (Å²) in [5.41, 5.74) is 9.72. The third kappa shape index (κ3) is 2.04. The van der Waals surface area contributed by atoms with E-state index in [1.54, 1.807) is 0 Å². The average Bonchev–Trinajstić information content (AvgIpc) is 2.53. The summed E-state index contributed by atoms with van der Waals surface area (Å²) in [6.07, 6.45) is 0.982. The molecule has 0 saturated carbocycles. The van der Waals surface area contributed by atoms with Crippen LogP contribution in [0, 0.1) is 6.92 Å². The second-order valence-corrected chi connectivity index (χ2v) is 6.04. The standard InChI is InChI=1S/C15H21ClN2/c1-10-14(15(2,3)7-8-17)12-6-5-11(16)9-13(12)18(10)4/h5-6,9H,7-8,17H2,1-4H3. The maximum absolute atomic E-state index is 6.09. The Kier molecular flexibility index (Phi) is 3.43. The first kappa shape index (κ1) is 13.4. The van der Waals surface area contributed by atoms with E-state index in [0.717, 1.165) is 11.4 Å². The van der Waals surface area contributed by atoms with Crippen LogP contribution in [0.4, 0.5) is 0 Å². The first-order valence-corrected chi connectivity index (χ1v) is 6.71. The van der Waals surface area contributed by atoms with Crippen molar-refractivity contribution in [3.05, 3.63) is 34.5 Å². The lowest BCUT2D eigenvalue weighted by molar-refractivity contribution is 0.487. The van der Waals surface area contributed by atoms with E-state index in [-0.39, 0.29) is 5.41 Å². The average molecular weight is 265 g/mol. The van der Waals surface area contributed by atoms with E-state index in [4.69, 9.17) is 17.3 Å². The Balaban J connectivity index is 2.75. The molecule has 1 heterocycles. The first-order chi connectivity index (χ1) is 8.38. The molecule has 0 aliphatic heterocycles. The van der Waals surface area contributed by atoms with Crippen LogP contribution in [0.1, 0.15) is 31.5 Å². The van der Waals surface area contributed by atoms with Crippen molar-refractivity contribution in [1.29, 1.82) is 0 Å². The molecule has 0 atom stereocenters. The summed E-state index contributed by atoms with van der Waals surface area (Å²) in [5.74, 6) is 0. The minimum absolute atomic E-state index is 0.0895. The normalized spacial score (nSPS) is 12.3. The zero-order valence-corrected chi connectivity index (χ0v) is 12.3. The fraction of sp³-hybridized carbons (Fsp3) is 0.467. The van der Waals surface area contributed by atoms with Crippen molar-refractivity contribution < 1.29 is 0 Å². The molecule has 1 aromatic carbocycles. The van der Waals surface area contributed by atoms with Crippen molar-refractivity contribution in [2.75, 3.05) is 6.54 Å². The van der Waals surface area contributed by atoms with Gasteiger partial charge in [-0.1, -0.05) is 31.5 Å². The Labute approximate surface area is 114 Å². The summed E-state index contributed by atoms with van der Waals surface area (Å²) in [5, 5.41) is 2.07. The Morgan fingerprint density at radius 1 is 1.33 bits per heavy atom. The van der Waals surface area contributed by atoms with E-state index < -0.39 is 0 Å². The molecule has 0 aliphatic carbocycles. The van der Waals surface area contributed by atoms with Crippen molar-refractivity contribution in [3.63, 3.8) is 0 Å². The van der Waals surface area contributed by atoms with E-state index in [2.05, 4.69) is 38.5 Å². The van der Waals surface area contributed by atoms with Crippen LogP contribution in [-0.2, 0) is 12.5 Å². The molecule has 0 radical (unpaired) electrons. The maximum atomic E-state index is 6.09. The van der Waals surface area contributed by atoms with Crippen LogP contribution >= 0.6 is 11.6 Å². The topological polar surface area (TPSA) is 30.9 Å². The lowest BCUT2D eigenvalue weighted by atomic mass is 9.80. The van der Waals surface area contributed by atoms with Gasteiger partial charge in [0.15, 0.2) is 0 Å². The molecule has 2 nitrogen and oxygen atoms in total. The van der Waals surface area contributed by atoms with Crippen LogP contribution in [0.25, 0.3) is 10.9 Å². The van der Waals surface area contributed by atoms with Gasteiger partial charge in [0.05, 0.1) is 0 Å². The fourth-order valence-electron chi connectivity index (χ4n) is 2.88. The van der Waals surface area contributed by atoms with E-state index >= 15 is 0 Å². The van der Waals surface area contributed by atoms with E-state index in [1.807, 2.05) is 12.1 Å². The summed E-state index contributed by atoms with van der Waals surface area (Å²) in [7, 11) is 2.09. The number of fused-ring (bicyclic) bond motifs is 1. The molecule has 18 heavy (non-hydrogen) atoms. The molecule has 0 unspecified atom stereocenters. The minimum atomic E-state index is 0.0895. The number of aromatic nitrogens is 1. The van der Waals surface area contributed by atoms with Gasteiger partial charge in [-0.05, 0) is 43.0 Å². The highest BCUT2D eigenvalue weighted by Gasteiger charge is 2.26. The van der Waals surface area contributed by atoms with Crippen molar-refractivity contribution in [2.45, 2.75) is 32.6 Å². The largest absolute Gasteiger partial charge is 0.348 e. The highest BCUT2D eigenvalue weighted by molar-refractivity contribution is 6.31. The Bertz CT molecular complexity index is 582. The van der Waals surface area contributed by atoms with Crippen LogP contribution < -0.4 is 5.73 Å². The molecular formula is C15H21ClN2. The number of nitrogens with two attached hydrogens (primary N) is 1. The highest BCUT2D eigenvalue weighted by atomic mass is 35.5. The number of hydrogen-bond donors (Lipinski definition) is 1. The van der Waals surface area contributed by atoms with E-state index in [9.17, 15) is 0 Å². The molecule has 0 fully saturated rings. The number of halogens is 1. The summed E-state index contributed by atoms with van der Waals surface area (Å²) < 4.78 is 2.22. The van der Waals surface area contributed by atoms with Gasteiger partial charge >= 0.3 is 0 Å². The van der Waals surface area contributed by atoms with Crippen LogP contribution in [0.15, 0.2) is 18.2 Å². The Morgan fingerprint density at radius 3 is 2.61 bits per heavy atom. The zero-order valence-electron chi connectivity index (χ0n) is 11.5. The molecular weight excluding hydrogens is 244 g/mol. The smallest absolute Gasteiger partial charge is 0.0497 e. The van der Waals surface area contributed by atoms with Crippen molar-refractivity contribution in [2.24, 2.45) is 12.8 Å². The van der Waals surface area contributed by atoms with Crippen LogP contribution in [0.5, 0.6) is 0 Å². The van der Waals surface area contributed by atoms with E-state index in [1.165, 1.54) is 22.2 Å². The van der Waals surface area contributed by atoms with Crippen molar-refractivity contribution in [3.8, 4) is 0 Å². The molecule has 2 rings (SSSR count). The summed E-state index contributed by atoms with van der Waals surface area (Å²) in [4.78, 5) is 0. The number of nitrogens with zero attached hydrogens (tertiary/aromatic N) is 1. The number of hydrogen-bond acceptors (Lipinski definition) is 1. The van der Waals surface area contributed by atoms with Crippen molar-refractivity contribution in [1.82, 2.24) is 4.57 Å². The number of aryl methyl sites for hydroxylation is 1. The molecule has 0 bridgehead atoms. The molecule has 0 saturated heterocycles. The van der Waals surface area contributed by atoms with E-state index in [0.29, 0.717) is 6.54 Å². The lowest BCUT2D eigenvalue weighted by Crippen LogP contribution is -2.22. The molecule has 2 N–H and O–H groups in total. The quantitative estimate of drug-likeness (QED) is 0.899. The Morgan fingerprint density at radius 2 is 2.00 bits per heavy atom. The third-order valence-electron chi connectivity index (χ3n) is 3.90. The van der Waals surface area contributed by atoms with Gasteiger partial charge in [0.1, 0.15) is 0 Å². The van der Waals surface area contributed by atoms with Gasteiger partial charge in [-0.3, -0.25) is 0 Å². The summed E-state index contributed by atoms with van der Waals surface area (Å²) in [6, 6.07) is 6.12. The fourth-order valence-corrected chi connectivity index (χ4v) is 3.04. The first-order valence-electron chi connectivity index (χ1n) is 6.33. The second kappa shape index (κ2) is 4.60. The highest BCUT2D eigenvalue weighted by Crippen LogP contribution is 2.37. The molecule has 0 spiro atoms. The SMILES string of the molecule is Cc1c(C(C)(C)CCN)c2ccc(Cl)cc2n1C. The van der Waals surface area contributed by atoms with Gasteiger partial charge in [0, 0.05) is 28.7 Å².